The molecule has 0 spiro atoms. The van der Waals surface area contributed by atoms with E-state index < -0.39 is 5.69 Å². The highest BCUT2D eigenvalue weighted by Crippen LogP contribution is 1.93. The van der Waals surface area contributed by atoms with Crippen LogP contribution in [0.25, 0.3) is 5.84 Å². The first-order chi connectivity index (χ1) is 4.86. The van der Waals surface area contributed by atoms with Crippen LogP contribution in [0.3, 0.4) is 0 Å². The van der Waals surface area contributed by atoms with Crippen LogP contribution in [0.4, 0.5) is 0 Å². The third-order valence-corrected chi connectivity index (χ3v) is 1.10. The van der Waals surface area contributed by atoms with Crippen LogP contribution in [-0.2, 0) is 0 Å². The molecule has 0 fully saturated rings. The molecule has 50 valence electrons. The van der Waals surface area contributed by atoms with E-state index in [-0.39, 0.29) is 5.84 Å². The lowest BCUT2D eigenvalue weighted by Gasteiger charge is -1.83. The van der Waals surface area contributed by atoms with Crippen molar-refractivity contribution in [3.8, 4) is 0 Å². The average molecular weight is 137 g/mol. The third kappa shape index (κ3) is 0.604. The van der Waals surface area contributed by atoms with Crippen molar-refractivity contribution >= 4 is 5.84 Å². The maximum Gasteiger partial charge on any atom is 0.373 e. The highest BCUT2D eigenvalue weighted by atomic mass is 16.3. The standard InChI is InChI=1S/C5H3N3O2/c9-4-6-3-8-1-2-10-5(8)7-4/h1-3H. The smallest absolute Gasteiger partial charge is 0.373 e. The van der Waals surface area contributed by atoms with Crippen molar-refractivity contribution in [3.63, 3.8) is 0 Å². The summed E-state index contributed by atoms with van der Waals surface area (Å²) in [6, 6.07) is 0. The summed E-state index contributed by atoms with van der Waals surface area (Å²) in [5.41, 5.74) is -0.532. The van der Waals surface area contributed by atoms with E-state index in [2.05, 4.69) is 9.97 Å². The first-order valence-electron chi connectivity index (χ1n) is 2.65. The van der Waals surface area contributed by atoms with E-state index in [0.717, 1.165) is 0 Å². The van der Waals surface area contributed by atoms with E-state index in [0.29, 0.717) is 0 Å². The first kappa shape index (κ1) is 5.16. The Balaban J connectivity index is 2.99. The van der Waals surface area contributed by atoms with Gasteiger partial charge in [-0.15, -0.1) is 4.98 Å². The first-order valence-corrected chi connectivity index (χ1v) is 2.65. The number of oxazole rings is 1. The van der Waals surface area contributed by atoms with Crippen LogP contribution in [0.1, 0.15) is 0 Å². The van der Waals surface area contributed by atoms with Gasteiger partial charge in [0.25, 0.3) is 0 Å². The minimum absolute atomic E-state index is 0.264. The van der Waals surface area contributed by atoms with Crippen molar-refractivity contribution in [2.24, 2.45) is 0 Å². The van der Waals surface area contributed by atoms with Gasteiger partial charge in [0.2, 0.25) is 0 Å². The van der Waals surface area contributed by atoms with Crippen LogP contribution in [0, 0.1) is 0 Å². The molecule has 0 N–H and O–H groups in total. The van der Waals surface area contributed by atoms with E-state index in [1.807, 2.05) is 0 Å². The largest absolute Gasteiger partial charge is 0.432 e. The molecule has 0 radical (unpaired) electrons. The fourth-order valence-corrected chi connectivity index (χ4v) is 0.676. The SMILES string of the molecule is O=c1ncn2ccoc2n1. The maximum atomic E-state index is 10.5. The van der Waals surface area contributed by atoms with Crippen molar-refractivity contribution < 1.29 is 4.42 Å². The molecule has 5 nitrogen and oxygen atoms in total. The molecule has 5 heteroatoms. The number of aromatic nitrogens is 3. The second-order valence-electron chi connectivity index (χ2n) is 1.73. The normalized spacial score (nSPS) is 10.4. The van der Waals surface area contributed by atoms with Crippen LogP contribution in [0.2, 0.25) is 0 Å². The molecule has 0 saturated carbocycles. The van der Waals surface area contributed by atoms with Crippen molar-refractivity contribution in [2.75, 3.05) is 0 Å². The monoisotopic (exact) mass is 137 g/mol. The van der Waals surface area contributed by atoms with E-state index >= 15 is 0 Å². The summed E-state index contributed by atoms with van der Waals surface area (Å²) in [5, 5.41) is 0. The lowest BCUT2D eigenvalue weighted by molar-refractivity contribution is 0.587. The molecule has 0 aliphatic heterocycles. The van der Waals surface area contributed by atoms with Gasteiger partial charge in [-0.1, -0.05) is 0 Å². The summed E-state index contributed by atoms with van der Waals surface area (Å²) < 4.78 is 6.33. The molecule has 2 aromatic rings. The van der Waals surface area contributed by atoms with Gasteiger partial charge >= 0.3 is 11.5 Å². The molecule has 0 aliphatic carbocycles. The van der Waals surface area contributed by atoms with Crippen LogP contribution >= 0.6 is 0 Å². The van der Waals surface area contributed by atoms with Gasteiger partial charge in [0.1, 0.15) is 12.6 Å². The van der Waals surface area contributed by atoms with Crippen molar-refractivity contribution in [1.29, 1.82) is 0 Å². The molecule has 0 aromatic carbocycles. The average Bonchev–Trinajstić information content (AvgIpc) is 2.33. The quantitative estimate of drug-likeness (QED) is 0.499. The number of rotatable bonds is 0. The predicted octanol–water partition coefficient (Wildman–Crippen LogP) is -0.317. The zero-order chi connectivity index (χ0) is 6.97. The van der Waals surface area contributed by atoms with Crippen LogP contribution < -0.4 is 5.69 Å². The molecule has 2 aromatic heterocycles. The molecule has 0 aliphatic rings. The fourth-order valence-electron chi connectivity index (χ4n) is 0.676. The molecule has 0 unspecified atom stereocenters. The summed E-state index contributed by atoms with van der Waals surface area (Å²) in [6.07, 6.45) is 4.41. The zero-order valence-corrected chi connectivity index (χ0v) is 4.89. The van der Waals surface area contributed by atoms with Gasteiger partial charge < -0.3 is 4.42 Å². The number of hydrogen-bond acceptors (Lipinski definition) is 4. The molecule has 0 atom stereocenters. The highest BCUT2D eigenvalue weighted by Gasteiger charge is 1.94. The molecule has 0 saturated heterocycles. The molecule has 0 bridgehead atoms. The Morgan fingerprint density at radius 2 is 2.50 bits per heavy atom. The third-order valence-electron chi connectivity index (χ3n) is 1.10. The van der Waals surface area contributed by atoms with Gasteiger partial charge in [0.15, 0.2) is 0 Å². The van der Waals surface area contributed by atoms with Gasteiger partial charge in [-0.2, -0.15) is 4.98 Å². The second kappa shape index (κ2) is 1.66. The maximum absolute atomic E-state index is 10.5. The lowest BCUT2D eigenvalue weighted by Crippen LogP contribution is -2.10. The Morgan fingerprint density at radius 1 is 1.60 bits per heavy atom. The minimum Gasteiger partial charge on any atom is -0.432 e. The molecule has 0 amide bonds. The minimum atomic E-state index is -0.532. The molecular weight excluding hydrogens is 134 g/mol. The van der Waals surface area contributed by atoms with Crippen LogP contribution in [-0.4, -0.2) is 14.4 Å². The van der Waals surface area contributed by atoms with E-state index in [1.165, 1.54) is 17.0 Å². The topological polar surface area (TPSA) is 60.4 Å². The molecule has 2 heterocycles. The molecule has 2 rings (SSSR count). The number of nitrogens with zero attached hydrogens (tertiary/aromatic N) is 3. The summed E-state index contributed by atoms with van der Waals surface area (Å²) in [4.78, 5) is 17.4. The second-order valence-corrected chi connectivity index (χ2v) is 1.73. The van der Waals surface area contributed by atoms with E-state index in [9.17, 15) is 4.79 Å². The Labute approximate surface area is 55.0 Å². The Bertz CT molecular complexity index is 402. The van der Waals surface area contributed by atoms with Crippen molar-refractivity contribution in [2.45, 2.75) is 0 Å². The fraction of sp³-hybridized carbons (Fsp3) is 0. The van der Waals surface area contributed by atoms with Crippen molar-refractivity contribution in [3.05, 3.63) is 29.3 Å². The van der Waals surface area contributed by atoms with Gasteiger partial charge in [0, 0.05) is 0 Å². The van der Waals surface area contributed by atoms with Gasteiger partial charge in [0.05, 0.1) is 6.20 Å². The summed E-state index contributed by atoms with van der Waals surface area (Å²) in [6.45, 7) is 0. The Morgan fingerprint density at radius 3 is 3.40 bits per heavy atom. The predicted molar refractivity (Wildman–Crippen MR) is 31.5 cm³/mol. The number of hydrogen-bond donors (Lipinski definition) is 0. The highest BCUT2D eigenvalue weighted by molar-refractivity contribution is 5.17. The zero-order valence-electron chi connectivity index (χ0n) is 4.89. The van der Waals surface area contributed by atoms with Gasteiger partial charge in [-0.25, -0.2) is 4.79 Å². The van der Waals surface area contributed by atoms with Crippen LogP contribution in [0.15, 0.2) is 28.0 Å². The Hall–Kier alpha value is -1.65. The summed E-state index contributed by atoms with van der Waals surface area (Å²) >= 11 is 0. The van der Waals surface area contributed by atoms with E-state index in [1.54, 1.807) is 6.20 Å². The summed E-state index contributed by atoms with van der Waals surface area (Å²) in [7, 11) is 0. The molecular formula is C5H3N3O2. The van der Waals surface area contributed by atoms with Gasteiger partial charge in [-0.05, 0) is 0 Å². The lowest BCUT2D eigenvalue weighted by atomic mass is 10.9. The van der Waals surface area contributed by atoms with Crippen LogP contribution in [0.5, 0.6) is 0 Å². The Kier molecular flexibility index (Phi) is 0.858. The van der Waals surface area contributed by atoms with Gasteiger partial charge in [-0.3, -0.25) is 4.40 Å². The number of fused-ring (bicyclic) bond motifs is 1. The summed E-state index contributed by atoms with van der Waals surface area (Å²) in [5.74, 6) is 0.264. The van der Waals surface area contributed by atoms with E-state index in [4.69, 9.17) is 4.42 Å². The van der Waals surface area contributed by atoms with Crippen molar-refractivity contribution in [1.82, 2.24) is 14.4 Å². The molecule has 10 heavy (non-hydrogen) atoms.